The van der Waals surface area contributed by atoms with Gasteiger partial charge in [0.1, 0.15) is 5.82 Å². The van der Waals surface area contributed by atoms with Crippen LogP contribution in [0.15, 0.2) is 12.4 Å². The normalized spacial score (nSPS) is 20.5. The molecular formula is C12H22N4O2S. The third-order valence-electron chi connectivity index (χ3n) is 3.30. The van der Waals surface area contributed by atoms with E-state index >= 15 is 0 Å². The third kappa shape index (κ3) is 5.30. The number of piperidine rings is 1. The molecule has 2 heterocycles. The zero-order valence-corrected chi connectivity index (χ0v) is 11.9. The highest BCUT2D eigenvalue weighted by molar-refractivity contribution is 7.89. The van der Waals surface area contributed by atoms with E-state index in [4.69, 9.17) is 0 Å². The standard InChI is InChI=1S/C12H22N4O2S/c17-19(18,10-11-4-1-2-6-13-11)16-7-3-5-12-14-8-9-15-12/h8-9,11,13,16H,1-7,10H2,(H,14,15). The van der Waals surface area contributed by atoms with Crippen molar-refractivity contribution >= 4 is 10.0 Å². The predicted octanol–water partition coefficient (Wildman–Crippen LogP) is 0.404. The van der Waals surface area contributed by atoms with Crippen LogP contribution in [0, 0.1) is 0 Å². The zero-order valence-electron chi connectivity index (χ0n) is 11.1. The lowest BCUT2D eigenvalue weighted by Crippen LogP contribution is -2.42. The Bertz CT molecular complexity index is 452. The molecule has 0 bridgehead atoms. The van der Waals surface area contributed by atoms with E-state index in [1.165, 1.54) is 0 Å². The van der Waals surface area contributed by atoms with E-state index in [0.29, 0.717) is 6.54 Å². The quantitative estimate of drug-likeness (QED) is 0.633. The Morgan fingerprint density at radius 3 is 3.00 bits per heavy atom. The molecule has 0 spiro atoms. The zero-order chi connectivity index (χ0) is 13.6. The molecule has 1 aromatic heterocycles. The summed E-state index contributed by atoms with van der Waals surface area (Å²) in [6, 6.07) is 0.108. The molecule has 1 atom stereocenters. The first kappa shape index (κ1) is 14.5. The van der Waals surface area contributed by atoms with Crippen LogP contribution in [0.5, 0.6) is 0 Å². The lowest BCUT2D eigenvalue weighted by atomic mass is 10.1. The summed E-state index contributed by atoms with van der Waals surface area (Å²) in [5.74, 6) is 1.08. The molecule has 1 unspecified atom stereocenters. The van der Waals surface area contributed by atoms with Gasteiger partial charge in [-0.2, -0.15) is 0 Å². The van der Waals surface area contributed by atoms with Gasteiger partial charge in [-0.3, -0.25) is 0 Å². The summed E-state index contributed by atoms with van der Waals surface area (Å²) in [5, 5.41) is 3.25. The van der Waals surface area contributed by atoms with Crippen molar-refractivity contribution in [3.05, 3.63) is 18.2 Å². The summed E-state index contributed by atoms with van der Waals surface area (Å²) >= 11 is 0. The molecule has 0 aliphatic carbocycles. The number of nitrogens with zero attached hydrogens (tertiary/aromatic N) is 1. The molecule has 1 saturated heterocycles. The molecule has 0 saturated carbocycles. The van der Waals surface area contributed by atoms with Crippen molar-refractivity contribution in [2.75, 3.05) is 18.8 Å². The van der Waals surface area contributed by atoms with Crippen LogP contribution in [0.25, 0.3) is 0 Å². The summed E-state index contributed by atoms with van der Waals surface area (Å²) in [7, 11) is -3.17. The van der Waals surface area contributed by atoms with Gasteiger partial charge in [0.15, 0.2) is 0 Å². The maximum atomic E-state index is 11.9. The van der Waals surface area contributed by atoms with Gasteiger partial charge in [0.25, 0.3) is 0 Å². The highest BCUT2D eigenvalue weighted by Gasteiger charge is 2.20. The highest BCUT2D eigenvalue weighted by Crippen LogP contribution is 2.08. The number of aromatic nitrogens is 2. The molecule has 1 aliphatic heterocycles. The number of rotatable bonds is 7. The van der Waals surface area contributed by atoms with Crippen LogP contribution in [-0.4, -0.2) is 43.3 Å². The fourth-order valence-corrected chi connectivity index (χ4v) is 3.70. The number of sulfonamides is 1. The number of hydrogen-bond acceptors (Lipinski definition) is 4. The Morgan fingerprint density at radius 2 is 2.32 bits per heavy atom. The fourth-order valence-electron chi connectivity index (χ4n) is 2.31. The number of imidazole rings is 1. The second-order valence-corrected chi connectivity index (χ2v) is 6.81. The van der Waals surface area contributed by atoms with Crippen LogP contribution >= 0.6 is 0 Å². The van der Waals surface area contributed by atoms with Gasteiger partial charge in [0.2, 0.25) is 10.0 Å². The van der Waals surface area contributed by atoms with Crippen molar-refractivity contribution in [3.63, 3.8) is 0 Å². The predicted molar refractivity (Wildman–Crippen MR) is 74.3 cm³/mol. The van der Waals surface area contributed by atoms with E-state index in [1.54, 1.807) is 12.4 Å². The molecule has 3 N–H and O–H groups in total. The Balaban J connectivity index is 1.65. The molecule has 1 fully saturated rings. The minimum atomic E-state index is -3.17. The molecule has 7 heteroatoms. The van der Waals surface area contributed by atoms with Crippen LogP contribution in [-0.2, 0) is 16.4 Å². The molecule has 2 rings (SSSR count). The summed E-state index contributed by atoms with van der Waals surface area (Å²) in [6.07, 6.45) is 8.21. The van der Waals surface area contributed by atoms with Crippen molar-refractivity contribution in [2.24, 2.45) is 0 Å². The van der Waals surface area contributed by atoms with Crippen molar-refractivity contribution in [1.29, 1.82) is 0 Å². The van der Waals surface area contributed by atoms with E-state index in [-0.39, 0.29) is 11.8 Å². The minimum Gasteiger partial charge on any atom is -0.349 e. The topological polar surface area (TPSA) is 86.9 Å². The number of nitrogens with one attached hydrogen (secondary N) is 3. The fraction of sp³-hybridized carbons (Fsp3) is 0.750. The maximum absolute atomic E-state index is 11.9. The first-order valence-electron chi connectivity index (χ1n) is 6.85. The molecule has 0 aromatic carbocycles. The maximum Gasteiger partial charge on any atom is 0.213 e. The highest BCUT2D eigenvalue weighted by atomic mass is 32.2. The Hall–Kier alpha value is -0.920. The van der Waals surface area contributed by atoms with E-state index < -0.39 is 10.0 Å². The Kier molecular flexibility index (Phi) is 5.35. The van der Waals surface area contributed by atoms with Gasteiger partial charge in [-0.05, 0) is 25.8 Å². The second-order valence-electron chi connectivity index (χ2n) is 4.96. The summed E-state index contributed by atoms with van der Waals surface area (Å²) in [5.41, 5.74) is 0. The number of aryl methyl sites for hydroxylation is 1. The summed E-state index contributed by atoms with van der Waals surface area (Å²) in [4.78, 5) is 7.10. The van der Waals surface area contributed by atoms with Crippen molar-refractivity contribution in [3.8, 4) is 0 Å². The van der Waals surface area contributed by atoms with E-state index in [2.05, 4.69) is 20.0 Å². The summed E-state index contributed by atoms with van der Waals surface area (Å²) < 4.78 is 26.4. The van der Waals surface area contributed by atoms with Gasteiger partial charge < -0.3 is 10.3 Å². The molecular weight excluding hydrogens is 264 g/mol. The van der Waals surface area contributed by atoms with Crippen LogP contribution in [0.1, 0.15) is 31.5 Å². The Labute approximate surface area is 114 Å². The van der Waals surface area contributed by atoms with Crippen molar-refractivity contribution in [2.45, 2.75) is 38.1 Å². The largest absolute Gasteiger partial charge is 0.349 e. The molecule has 0 amide bonds. The third-order valence-corrected chi connectivity index (χ3v) is 4.79. The van der Waals surface area contributed by atoms with Crippen LogP contribution in [0.4, 0.5) is 0 Å². The molecule has 19 heavy (non-hydrogen) atoms. The SMILES string of the molecule is O=S(=O)(CC1CCCCN1)NCCCc1ncc[nH]1. The van der Waals surface area contributed by atoms with Gasteiger partial charge in [-0.1, -0.05) is 6.42 Å². The first-order chi connectivity index (χ1) is 9.16. The number of aromatic amines is 1. The Morgan fingerprint density at radius 1 is 1.42 bits per heavy atom. The van der Waals surface area contributed by atoms with Crippen LogP contribution < -0.4 is 10.0 Å². The first-order valence-corrected chi connectivity index (χ1v) is 8.50. The minimum absolute atomic E-state index is 0.108. The second kappa shape index (κ2) is 7.02. The molecule has 1 aromatic rings. The number of hydrogen-bond donors (Lipinski definition) is 3. The van der Waals surface area contributed by atoms with Gasteiger partial charge in [0, 0.05) is 31.4 Å². The van der Waals surface area contributed by atoms with E-state index in [1.807, 2.05) is 0 Å². The lowest BCUT2D eigenvalue weighted by molar-refractivity contribution is 0.422. The van der Waals surface area contributed by atoms with Crippen LogP contribution in [0.2, 0.25) is 0 Å². The average Bonchev–Trinajstić information content (AvgIpc) is 2.88. The van der Waals surface area contributed by atoms with E-state index in [9.17, 15) is 8.42 Å². The van der Waals surface area contributed by atoms with E-state index in [0.717, 1.165) is 44.5 Å². The molecule has 0 radical (unpaired) electrons. The molecule has 6 nitrogen and oxygen atoms in total. The lowest BCUT2D eigenvalue weighted by Gasteiger charge is -2.23. The number of H-pyrrole nitrogens is 1. The molecule has 1 aliphatic rings. The summed E-state index contributed by atoms with van der Waals surface area (Å²) in [6.45, 7) is 1.40. The van der Waals surface area contributed by atoms with Crippen molar-refractivity contribution in [1.82, 2.24) is 20.0 Å². The molecule has 108 valence electrons. The monoisotopic (exact) mass is 286 g/mol. The van der Waals surface area contributed by atoms with Crippen molar-refractivity contribution < 1.29 is 8.42 Å². The smallest absolute Gasteiger partial charge is 0.213 e. The van der Waals surface area contributed by atoms with Gasteiger partial charge in [0.05, 0.1) is 5.75 Å². The van der Waals surface area contributed by atoms with Gasteiger partial charge in [-0.15, -0.1) is 0 Å². The van der Waals surface area contributed by atoms with Crippen LogP contribution in [0.3, 0.4) is 0 Å². The van der Waals surface area contributed by atoms with Gasteiger partial charge in [-0.25, -0.2) is 18.1 Å². The van der Waals surface area contributed by atoms with Gasteiger partial charge >= 0.3 is 0 Å². The average molecular weight is 286 g/mol.